The molecule has 20 heavy (non-hydrogen) atoms. The lowest BCUT2D eigenvalue weighted by atomic mass is 10.2. The van der Waals surface area contributed by atoms with E-state index in [4.69, 9.17) is 0 Å². The number of amides is 1. The fourth-order valence-electron chi connectivity index (χ4n) is 1.88. The molecule has 1 N–H and O–H groups in total. The fraction of sp³-hybridized carbons (Fsp3) is 0.357. The van der Waals surface area contributed by atoms with Crippen LogP contribution in [0.5, 0.6) is 5.75 Å². The average Bonchev–Trinajstić information content (AvgIpc) is 2.92. The van der Waals surface area contributed by atoms with Gasteiger partial charge in [-0.05, 0) is 26.0 Å². The zero-order chi connectivity index (χ0) is 14.5. The highest BCUT2D eigenvalue weighted by molar-refractivity contribution is 7.09. The number of aromatic hydroxyl groups is 1. The Morgan fingerprint density at radius 2 is 2.20 bits per heavy atom. The molecule has 2 aromatic heterocycles. The standard InChI is InChI=1S/C14H17N3O2S/c1-10(2)17(8-5-12-15-7-9-20-12)14(19)13-11(18)4-3-6-16-13/h3-4,6-7,9-10,18H,5,8H2,1-2H3. The summed E-state index contributed by atoms with van der Waals surface area (Å²) in [6.45, 7) is 4.44. The van der Waals surface area contributed by atoms with E-state index in [0.717, 1.165) is 5.01 Å². The summed E-state index contributed by atoms with van der Waals surface area (Å²) in [6, 6.07) is 3.10. The van der Waals surface area contributed by atoms with Crippen LogP contribution in [0, 0.1) is 0 Å². The molecule has 0 aliphatic rings. The van der Waals surface area contributed by atoms with E-state index in [9.17, 15) is 9.90 Å². The van der Waals surface area contributed by atoms with Gasteiger partial charge in [-0.25, -0.2) is 9.97 Å². The lowest BCUT2D eigenvalue weighted by molar-refractivity contribution is 0.0698. The van der Waals surface area contributed by atoms with Crippen molar-refractivity contribution in [2.24, 2.45) is 0 Å². The molecule has 0 fully saturated rings. The molecule has 1 amide bonds. The lowest BCUT2D eigenvalue weighted by Crippen LogP contribution is -2.38. The van der Waals surface area contributed by atoms with Crippen molar-refractivity contribution in [3.63, 3.8) is 0 Å². The number of aromatic nitrogens is 2. The van der Waals surface area contributed by atoms with Crippen molar-refractivity contribution in [2.75, 3.05) is 6.54 Å². The molecule has 0 aliphatic carbocycles. The Hall–Kier alpha value is -1.95. The molecule has 5 nitrogen and oxygen atoms in total. The first-order chi connectivity index (χ1) is 9.59. The van der Waals surface area contributed by atoms with Crippen LogP contribution in [-0.2, 0) is 6.42 Å². The Balaban J connectivity index is 2.12. The Bertz CT molecular complexity index is 570. The second-order valence-corrected chi connectivity index (χ2v) is 5.62. The van der Waals surface area contributed by atoms with Gasteiger partial charge in [0.25, 0.3) is 5.91 Å². The van der Waals surface area contributed by atoms with Crippen molar-refractivity contribution in [3.05, 3.63) is 40.6 Å². The molecule has 2 rings (SSSR count). The van der Waals surface area contributed by atoms with Gasteiger partial charge in [0.2, 0.25) is 0 Å². The average molecular weight is 291 g/mol. The summed E-state index contributed by atoms with van der Waals surface area (Å²) in [5, 5.41) is 12.7. The third-order valence-electron chi connectivity index (χ3n) is 2.92. The number of hydrogen-bond donors (Lipinski definition) is 1. The smallest absolute Gasteiger partial charge is 0.276 e. The normalized spacial score (nSPS) is 10.8. The first-order valence-corrected chi connectivity index (χ1v) is 7.31. The Morgan fingerprint density at radius 3 is 2.80 bits per heavy atom. The van der Waals surface area contributed by atoms with Crippen LogP contribution in [0.3, 0.4) is 0 Å². The van der Waals surface area contributed by atoms with Crippen molar-refractivity contribution in [1.29, 1.82) is 0 Å². The van der Waals surface area contributed by atoms with Gasteiger partial charge in [-0.2, -0.15) is 0 Å². The first-order valence-electron chi connectivity index (χ1n) is 6.43. The van der Waals surface area contributed by atoms with Crippen LogP contribution < -0.4 is 0 Å². The second kappa shape index (κ2) is 6.47. The second-order valence-electron chi connectivity index (χ2n) is 4.64. The van der Waals surface area contributed by atoms with Crippen molar-refractivity contribution in [2.45, 2.75) is 26.3 Å². The predicted octanol–water partition coefficient (Wildman–Crippen LogP) is 2.34. The van der Waals surface area contributed by atoms with Crippen molar-refractivity contribution in [1.82, 2.24) is 14.9 Å². The number of carbonyl (C=O) groups is 1. The molecule has 0 saturated carbocycles. The number of rotatable bonds is 5. The van der Waals surface area contributed by atoms with Crippen LogP contribution in [0.4, 0.5) is 0 Å². The molecule has 0 spiro atoms. The Morgan fingerprint density at radius 1 is 1.40 bits per heavy atom. The molecule has 0 aromatic carbocycles. The van der Waals surface area contributed by atoms with Crippen molar-refractivity contribution in [3.8, 4) is 5.75 Å². The summed E-state index contributed by atoms with van der Waals surface area (Å²) >= 11 is 1.57. The number of pyridine rings is 1. The summed E-state index contributed by atoms with van der Waals surface area (Å²) in [7, 11) is 0. The Labute approximate surface area is 121 Å². The molecule has 0 saturated heterocycles. The maximum absolute atomic E-state index is 12.5. The third kappa shape index (κ3) is 3.33. The van der Waals surface area contributed by atoms with E-state index in [2.05, 4.69) is 9.97 Å². The first kappa shape index (κ1) is 14.5. The van der Waals surface area contributed by atoms with Crippen LogP contribution in [-0.4, -0.2) is 38.5 Å². The molecule has 0 radical (unpaired) electrons. The number of hydrogen-bond acceptors (Lipinski definition) is 5. The van der Waals surface area contributed by atoms with Crippen LogP contribution in [0.15, 0.2) is 29.9 Å². The van der Waals surface area contributed by atoms with Crippen LogP contribution in [0.2, 0.25) is 0 Å². The number of thiazole rings is 1. The molecule has 0 unspecified atom stereocenters. The van der Waals surface area contributed by atoms with E-state index in [1.165, 1.54) is 12.3 Å². The summed E-state index contributed by atoms with van der Waals surface area (Å²) in [5.74, 6) is -0.341. The number of nitrogens with zero attached hydrogens (tertiary/aromatic N) is 3. The van der Waals surface area contributed by atoms with Gasteiger partial charge >= 0.3 is 0 Å². The molecular formula is C14H17N3O2S. The van der Waals surface area contributed by atoms with E-state index >= 15 is 0 Å². The maximum atomic E-state index is 12.5. The third-order valence-corrected chi connectivity index (χ3v) is 3.76. The summed E-state index contributed by atoms with van der Waals surface area (Å²) in [4.78, 5) is 22.3. The molecular weight excluding hydrogens is 274 g/mol. The molecule has 0 bridgehead atoms. The highest BCUT2D eigenvalue weighted by Gasteiger charge is 2.22. The van der Waals surface area contributed by atoms with E-state index in [0.29, 0.717) is 13.0 Å². The van der Waals surface area contributed by atoms with Gasteiger partial charge in [0.15, 0.2) is 5.69 Å². The SMILES string of the molecule is CC(C)N(CCc1nccs1)C(=O)c1ncccc1O. The molecule has 0 aliphatic heterocycles. The van der Waals surface area contributed by atoms with Gasteiger partial charge < -0.3 is 10.0 Å². The quantitative estimate of drug-likeness (QED) is 0.918. The van der Waals surface area contributed by atoms with Crippen LogP contribution in [0.25, 0.3) is 0 Å². The van der Waals surface area contributed by atoms with Gasteiger partial charge in [0.1, 0.15) is 5.75 Å². The van der Waals surface area contributed by atoms with Gasteiger partial charge in [0.05, 0.1) is 5.01 Å². The highest BCUT2D eigenvalue weighted by atomic mass is 32.1. The summed E-state index contributed by atoms with van der Waals surface area (Å²) in [6.07, 6.45) is 3.97. The molecule has 6 heteroatoms. The zero-order valence-electron chi connectivity index (χ0n) is 11.5. The minimum atomic E-state index is -0.255. The molecule has 2 aromatic rings. The van der Waals surface area contributed by atoms with E-state index in [1.807, 2.05) is 19.2 Å². The summed E-state index contributed by atoms with van der Waals surface area (Å²) < 4.78 is 0. The molecule has 0 atom stereocenters. The Kier molecular flexibility index (Phi) is 4.68. The minimum absolute atomic E-state index is 0.0314. The monoisotopic (exact) mass is 291 g/mol. The lowest BCUT2D eigenvalue weighted by Gasteiger charge is -2.26. The fourth-order valence-corrected chi connectivity index (χ4v) is 2.49. The topological polar surface area (TPSA) is 66.3 Å². The molecule has 106 valence electrons. The van der Waals surface area contributed by atoms with E-state index < -0.39 is 0 Å². The van der Waals surface area contributed by atoms with Gasteiger partial charge in [-0.3, -0.25) is 4.79 Å². The van der Waals surface area contributed by atoms with Crippen molar-refractivity contribution >= 4 is 17.2 Å². The van der Waals surface area contributed by atoms with E-state index in [-0.39, 0.29) is 23.4 Å². The highest BCUT2D eigenvalue weighted by Crippen LogP contribution is 2.17. The minimum Gasteiger partial charge on any atom is -0.505 e. The summed E-state index contributed by atoms with van der Waals surface area (Å²) in [5.41, 5.74) is 0.0975. The van der Waals surface area contributed by atoms with Gasteiger partial charge in [-0.1, -0.05) is 0 Å². The van der Waals surface area contributed by atoms with Gasteiger partial charge in [0, 0.05) is 36.8 Å². The zero-order valence-corrected chi connectivity index (χ0v) is 12.3. The van der Waals surface area contributed by atoms with Crippen molar-refractivity contribution < 1.29 is 9.90 Å². The van der Waals surface area contributed by atoms with E-state index in [1.54, 1.807) is 28.5 Å². The maximum Gasteiger partial charge on any atom is 0.276 e. The van der Waals surface area contributed by atoms with Crippen LogP contribution >= 0.6 is 11.3 Å². The predicted molar refractivity (Wildman–Crippen MR) is 77.9 cm³/mol. The van der Waals surface area contributed by atoms with Crippen LogP contribution in [0.1, 0.15) is 29.3 Å². The number of carbonyl (C=O) groups excluding carboxylic acids is 1. The largest absolute Gasteiger partial charge is 0.505 e. The molecule has 2 heterocycles. The van der Waals surface area contributed by atoms with Gasteiger partial charge in [-0.15, -0.1) is 11.3 Å².